The molecule has 6 heteroatoms. The highest BCUT2D eigenvalue weighted by atomic mass is 16.5. The first-order valence-corrected chi connectivity index (χ1v) is 7.56. The van der Waals surface area contributed by atoms with Gasteiger partial charge in [0.2, 0.25) is 11.8 Å². The average Bonchev–Trinajstić information content (AvgIpc) is 2.96. The third kappa shape index (κ3) is 2.55. The fourth-order valence-electron chi connectivity index (χ4n) is 3.00. The van der Waals surface area contributed by atoms with Crippen LogP contribution in [0.1, 0.15) is 36.1 Å². The maximum absolute atomic E-state index is 9.55. The minimum Gasteiger partial charge on any atom is -0.497 e. The summed E-state index contributed by atoms with van der Waals surface area (Å²) >= 11 is 0. The quantitative estimate of drug-likeness (QED) is 0.907. The van der Waals surface area contributed by atoms with Gasteiger partial charge in [-0.05, 0) is 24.1 Å². The Hall–Kier alpha value is -2.81. The Kier molecular flexibility index (Phi) is 4.02. The van der Waals surface area contributed by atoms with Crippen LogP contribution in [-0.2, 0) is 6.42 Å². The summed E-state index contributed by atoms with van der Waals surface area (Å²) < 4.78 is 10.6. The van der Waals surface area contributed by atoms with Crippen molar-refractivity contribution < 1.29 is 9.47 Å². The molecule has 1 aliphatic heterocycles. The lowest BCUT2D eigenvalue weighted by Gasteiger charge is -2.28. The highest BCUT2D eigenvalue weighted by molar-refractivity contribution is 5.84. The smallest absolute Gasteiger partial charge is 0.243 e. The SMILES string of the molecule is CCCc1[nH]nc2c1C(c1ccc(OC)cc1)C(C#N)C(=N)O2. The molecule has 0 radical (unpaired) electrons. The van der Waals surface area contributed by atoms with Crippen molar-refractivity contribution in [1.82, 2.24) is 10.2 Å². The molecule has 0 spiro atoms. The van der Waals surface area contributed by atoms with Crippen molar-refractivity contribution in [3.63, 3.8) is 0 Å². The van der Waals surface area contributed by atoms with Crippen LogP contribution in [0.5, 0.6) is 11.6 Å². The predicted octanol–water partition coefficient (Wildman–Crippen LogP) is 3.01. The van der Waals surface area contributed by atoms with Gasteiger partial charge in [-0.25, -0.2) is 0 Å². The average molecular weight is 310 g/mol. The van der Waals surface area contributed by atoms with E-state index >= 15 is 0 Å². The molecule has 1 aromatic carbocycles. The number of aromatic nitrogens is 2. The van der Waals surface area contributed by atoms with Crippen LogP contribution < -0.4 is 9.47 Å². The summed E-state index contributed by atoms with van der Waals surface area (Å²) in [4.78, 5) is 0. The van der Waals surface area contributed by atoms with Crippen LogP contribution in [0.2, 0.25) is 0 Å². The van der Waals surface area contributed by atoms with E-state index in [-0.39, 0.29) is 11.8 Å². The van der Waals surface area contributed by atoms with E-state index in [0.717, 1.165) is 35.4 Å². The van der Waals surface area contributed by atoms with E-state index < -0.39 is 5.92 Å². The molecule has 118 valence electrons. The van der Waals surface area contributed by atoms with E-state index in [9.17, 15) is 5.26 Å². The number of nitrogens with zero attached hydrogens (tertiary/aromatic N) is 2. The summed E-state index contributed by atoms with van der Waals surface area (Å²) in [6, 6.07) is 9.79. The van der Waals surface area contributed by atoms with E-state index in [1.54, 1.807) is 7.11 Å². The maximum Gasteiger partial charge on any atom is 0.243 e. The number of nitrogens with one attached hydrogen (secondary N) is 2. The Balaban J connectivity index is 2.13. The summed E-state index contributed by atoms with van der Waals surface area (Å²) in [5.41, 5.74) is 2.81. The number of ether oxygens (including phenoxy) is 2. The van der Waals surface area contributed by atoms with Gasteiger partial charge in [0, 0.05) is 17.2 Å². The van der Waals surface area contributed by atoms with Gasteiger partial charge in [0.25, 0.3) is 0 Å². The van der Waals surface area contributed by atoms with Gasteiger partial charge in [0.05, 0.1) is 13.2 Å². The molecule has 0 fully saturated rings. The summed E-state index contributed by atoms with van der Waals surface area (Å²) in [6.45, 7) is 2.09. The standard InChI is InChI=1S/C17H18N4O2/c1-3-4-13-15-14(10-5-7-11(22-2)8-6-10)12(9-18)16(19)23-17(15)21-20-13/h5-8,12,14,19H,3-4H2,1-2H3,(H,20,21). The third-order valence-electron chi connectivity index (χ3n) is 4.10. The zero-order chi connectivity index (χ0) is 16.4. The molecule has 0 amide bonds. The van der Waals surface area contributed by atoms with E-state index in [2.05, 4.69) is 23.2 Å². The molecule has 0 aliphatic carbocycles. The van der Waals surface area contributed by atoms with Gasteiger partial charge in [-0.15, -0.1) is 5.10 Å². The molecular formula is C17H18N4O2. The molecule has 1 aliphatic rings. The van der Waals surface area contributed by atoms with E-state index in [0.29, 0.717) is 5.88 Å². The number of nitriles is 1. The van der Waals surface area contributed by atoms with Crippen molar-refractivity contribution in [3.05, 3.63) is 41.1 Å². The van der Waals surface area contributed by atoms with Crippen LogP contribution in [0.3, 0.4) is 0 Å². The number of aromatic amines is 1. The second-order valence-electron chi connectivity index (χ2n) is 5.49. The number of methoxy groups -OCH3 is 1. The normalized spacial score (nSPS) is 19.6. The molecule has 0 bridgehead atoms. The Morgan fingerprint density at radius 1 is 1.39 bits per heavy atom. The maximum atomic E-state index is 9.55. The van der Waals surface area contributed by atoms with Crippen LogP contribution in [0, 0.1) is 22.7 Å². The number of hydrogen-bond acceptors (Lipinski definition) is 5. The highest BCUT2D eigenvalue weighted by Crippen LogP contribution is 2.43. The molecule has 2 unspecified atom stereocenters. The first-order chi connectivity index (χ1) is 11.2. The zero-order valence-corrected chi connectivity index (χ0v) is 13.1. The molecule has 2 atom stereocenters. The van der Waals surface area contributed by atoms with Crippen LogP contribution in [0.4, 0.5) is 0 Å². The number of rotatable bonds is 4. The molecule has 23 heavy (non-hydrogen) atoms. The van der Waals surface area contributed by atoms with E-state index in [4.69, 9.17) is 14.9 Å². The number of fused-ring (bicyclic) bond motifs is 1. The van der Waals surface area contributed by atoms with Gasteiger partial charge in [0.15, 0.2) is 0 Å². The predicted molar refractivity (Wildman–Crippen MR) is 84.9 cm³/mol. The Morgan fingerprint density at radius 2 is 2.13 bits per heavy atom. The van der Waals surface area contributed by atoms with Gasteiger partial charge >= 0.3 is 0 Å². The summed E-state index contributed by atoms with van der Waals surface area (Å²) in [6.07, 6.45) is 1.78. The topological polar surface area (TPSA) is 94.8 Å². The minimum atomic E-state index is -0.663. The van der Waals surface area contributed by atoms with Gasteiger partial charge in [-0.3, -0.25) is 10.5 Å². The highest BCUT2D eigenvalue weighted by Gasteiger charge is 2.40. The number of aryl methyl sites for hydroxylation is 1. The van der Waals surface area contributed by atoms with Crippen molar-refractivity contribution in [1.29, 1.82) is 10.7 Å². The fourth-order valence-corrected chi connectivity index (χ4v) is 3.00. The van der Waals surface area contributed by atoms with Crippen LogP contribution in [-0.4, -0.2) is 23.2 Å². The number of hydrogen-bond donors (Lipinski definition) is 2. The second kappa shape index (κ2) is 6.13. The third-order valence-corrected chi connectivity index (χ3v) is 4.10. The molecule has 2 aromatic rings. The fraction of sp³-hybridized carbons (Fsp3) is 0.353. The van der Waals surface area contributed by atoms with Crippen LogP contribution >= 0.6 is 0 Å². The molecule has 2 heterocycles. The summed E-state index contributed by atoms with van der Waals surface area (Å²) in [5.74, 6) is 0.179. The summed E-state index contributed by atoms with van der Waals surface area (Å²) in [7, 11) is 1.62. The Labute approximate surface area is 134 Å². The minimum absolute atomic E-state index is 0.0598. The van der Waals surface area contributed by atoms with Gasteiger partial charge in [0.1, 0.15) is 11.7 Å². The first-order valence-electron chi connectivity index (χ1n) is 7.56. The zero-order valence-electron chi connectivity index (χ0n) is 13.1. The molecular weight excluding hydrogens is 292 g/mol. The van der Waals surface area contributed by atoms with Crippen molar-refractivity contribution in [3.8, 4) is 17.7 Å². The lowest BCUT2D eigenvalue weighted by molar-refractivity contribution is 0.414. The van der Waals surface area contributed by atoms with Gasteiger partial charge in [-0.2, -0.15) is 5.26 Å². The monoisotopic (exact) mass is 310 g/mol. The first kappa shape index (κ1) is 15.1. The Bertz CT molecular complexity index is 758. The molecule has 6 nitrogen and oxygen atoms in total. The van der Waals surface area contributed by atoms with Crippen LogP contribution in [0.15, 0.2) is 24.3 Å². The largest absolute Gasteiger partial charge is 0.497 e. The lowest BCUT2D eigenvalue weighted by atomic mass is 9.79. The van der Waals surface area contributed by atoms with Crippen molar-refractivity contribution in [2.75, 3.05) is 7.11 Å². The lowest BCUT2D eigenvalue weighted by Crippen LogP contribution is -2.31. The van der Waals surface area contributed by atoms with Gasteiger partial charge in [-0.1, -0.05) is 25.5 Å². The molecule has 2 N–H and O–H groups in total. The summed E-state index contributed by atoms with van der Waals surface area (Å²) in [5, 5.41) is 24.8. The van der Waals surface area contributed by atoms with E-state index in [1.165, 1.54) is 0 Å². The molecule has 3 rings (SSSR count). The number of H-pyrrole nitrogens is 1. The number of benzene rings is 1. The van der Waals surface area contributed by atoms with E-state index in [1.807, 2.05) is 24.3 Å². The Morgan fingerprint density at radius 3 is 2.74 bits per heavy atom. The molecule has 1 aromatic heterocycles. The van der Waals surface area contributed by atoms with Crippen molar-refractivity contribution >= 4 is 5.90 Å². The van der Waals surface area contributed by atoms with Crippen molar-refractivity contribution in [2.45, 2.75) is 25.7 Å². The van der Waals surface area contributed by atoms with Gasteiger partial charge < -0.3 is 9.47 Å². The molecule has 0 saturated heterocycles. The van der Waals surface area contributed by atoms with Crippen molar-refractivity contribution in [2.24, 2.45) is 5.92 Å². The second-order valence-corrected chi connectivity index (χ2v) is 5.49. The van der Waals surface area contributed by atoms with Crippen LogP contribution in [0.25, 0.3) is 0 Å². The molecule has 0 saturated carbocycles.